The molecular weight excluding hydrogens is 432 g/mol. The van der Waals surface area contributed by atoms with E-state index in [0.717, 1.165) is 44.4 Å². The highest BCUT2D eigenvalue weighted by Crippen LogP contribution is 2.65. The van der Waals surface area contributed by atoms with E-state index in [2.05, 4.69) is 20.8 Å². The van der Waals surface area contributed by atoms with E-state index in [1.165, 1.54) is 82.6 Å². The molecule has 3 saturated carbocycles. The first-order chi connectivity index (χ1) is 16.9. The van der Waals surface area contributed by atoms with Crippen molar-refractivity contribution in [3.63, 3.8) is 0 Å². The summed E-state index contributed by atoms with van der Waals surface area (Å²) in [6.07, 6.45) is 24.4. The topological polar surface area (TPSA) is 43.4 Å². The summed E-state index contributed by atoms with van der Waals surface area (Å²) in [5.41, 5.74) is 1.81. The molecule has 6 atom stereocenters. The van der Waals surface area contributed by atoms with Crippen LogP contribution in [0.1, 0.15) is 143 Å². The van der Waals surface area contributed by atoms with Gasteiger partial charge in [-0.05, 0) is 80.6 Å². The summed E-state index contributed by atoms with van der Waals surface area (Å²) in [6, 6.07) is 0. The lowest BCUT2D eigenvalue weighted by Crippen LogP contribution is -2.51. The quantitative estimate of drug-likeness (QED) is 0.205. The first-order valence-electron chi connectivity index (χ1n) is 15.3. The average molecular weight is 485 g/mol. The molecule has 3 nitrogen and oxygen atoms in total. The molecule has 0 aliphatic heterocycles. The predicted octanol–water partition coefficient (Wildman–Crippen LogP) is 8.74. The van der Waals surface area contributed by atoms with Gasteiger partial charge in [0.05, 0.1) is 0 Å². The number of ether oxygens (including phenoxy) is 1. The Labute approximate surface area is 215 Å². The van der Waals surface area contributed by atoms with Gasteiger partial charge in [0.1, 0.15) is 6.10 Å². The largest absolute Gasteiger partial charge is 0.462 e. The average Bonchev–Trinajstić information content (AvgIpc) is 3.16. The lowest BCUT2D eigenvalue weighted by molar-refractivity contribution is -0.160. The fourth-order valence-electron chi connectivity index (χ4n) is 8.68. The number of carbonyl (C=O) groups excluding carboxylic acids is 2. The molecule has 0 aromatic carbocycles. The molecule has 0 N–H and O–H groups in total. The molecule has 6 unspecified atom stereocenters. The lowest BCUT2D eigenvalue weighted by Gasteiger charge is -2.57. The number of carbonyl (C=O) groups is 2. The van der Waals surface area contributed by atoms with Gasteiger partial charge in [0.15, 0.2) is 5.78 Å². The molecule has 3 fully saturated rings. The van der Waals surface area contributed by atoms with E-state index >= 15 is 0 Å². The van der Waals surface area contributed by atoms with Crippen LogP contribution in [0.5, 0.6) is 0 Å². The van der Waals surface area contributed by atoms with Crippen LogP contribution in [0, 0.1) is 28.6 Å². The molecule has 0 radical (unpaired) electrons. The number of rotatable bonds is 12. The van der Waals surface area contributed by atoms with Crippen molar-refractivity contribution in [2.24, 2.45) is 28.6 Å². The molecule has 0 amide bonds. The summed E-state index contributed by atoms with van der Waals surface area (Å²) in [4.78, 5) is 24.8. The maximum Gasteiger partial charge on any atom is 0.306 e. The summed E-state index contributed by atoms with van der Waals surface area (Å²) < 4.78 is 6.20. The Kier molecular flexibility index (Phi) is 9.19. The molecule has 0 bridgehead atoms. The Morgan fingerprint density at radius 1 is 0.857 bits per heavy atom. The molecule has 3 heteroatoms. The van der Waals surface area contributed by atoms with Crippen molar-refractivity contribution < 1.29 is 14.3 Å². The maximum atomic E-state index is 12.7. The summed E-state index contributed by atoms with van der Waals surface area (Å²) in [5, 5.41) is 0. The number of esters is 1. The van der Waals surface area contributed by atoms with E-state index < -0.39 is 0 Å². The van der Waals surface area contributed by atoms with Gasteiger partial charge in [-0.15, -0.1) is 0 Å². The second-order valence-electron chi connectivity index (χ2n) is 13.0. The van der Waals surface area contributed by atoms with Crippen LogP contribution >= 0.6 is 0 Å². The molecule has 198 valence electrons. The smallest absolute Gasteiger partial charge is 0.306 e. The van der Waals surface area contributed by atoms with Gasteiger partial charge in [-0.1, -0.05) is 84.1 Å². The van der Waals surface area contributed by atoms with Crippen molar-refractivity contribution in [1.82, 2.24) is 0 Å². The fourth-order valence-corrected chi connectivity index (χ4v) is 8.68. The minimum absolute atomic E-state index is 0.0465. The van der Waals surface area contributed by atoms with Crippen LogP contribution in [-0.4, -0.2) is 17.9 Å². The molecule has 0 spiro atoms. The van der Waals surface area contributed by atoms with Crippen molar-refractivity contribution >= 4 is 11.8 Å². The minimum Gasteiger partial charge on any atom is -0.462 e. The van der Waals surface area contributed by atoms with E-state index in [0.29, 0.717) is 24.0 Å². The standard InChI is InChI=1S/C32H52O3/c1-4-5-6-7-8-9-10-11-12-13-14-30(34)35-29-18-17-27-26-16-15-24-23-25(33)19-21-31(24,2)28(26)20-22-32(27,29)3/h23,26-29H,4-22H2,1-3H3. The highest BCUT2D eigenvalue weighted by atomic mass is 16.5. The lowest BCUT2D eigenvalue weighted by atomic mass is 9.47. The molecule has 4 aliphatic carbocycles. The van der Waals surface area contributed by atoms with Crippen LogP contribution in [0.3, 0.4) is 0 Å². The number of unbranched alkanes of at least 4 members (excludes halogenated alkanes) is 9. The Morgan fingerprint density at radius 3 is 2.26 bits per heavy atom. The van der Waals surface area contributed by atoms with E-state index in [-0.39, 0.29) is 22.9 Å². The van der Waals surface area contributed by atoms with Gasteiger partial charge in [-0.3, -0.25) is 9.59 Å². The number of allylic oxidation sites excluding steroid dienone is 1. The molecule has 4 aliphatic rings. The fraction of sp³-hybridized carbons (Fsp3) is 0.875. The van der Waals surface area contributed by atoms with Gasteiger partial charge in [0.2, 0.25) is 0 Å². The SMILES string of the molecule is CCCCCCCCCCCCC(=O)OC1CCC2C3CCC4=CC(=O)CCC4(C)C3CCC12C. The van der Waals surface area contributed by atoms with Crippen molar-refractivity contribution in [3.8, 4) is 0 Å². The van der Waals surface area contributed by atoms with Gasteiger partial charge >= 0.3 is 5.97 Å². The highest BCUT2D eigenvalue weighted by molar-refractivity contribution is 5.91. The van der Waals surface area contributed by atoms with Crippen molar-refractivity contribution in [2.75, 3.05) is 0 Å². The summed E-state index contributed by atoms with van der Waals surface area (Å²) in [6.45, 7) is 7.15. The Morgan fingerprint density at radius 2 is 1.54 bits per heavy atom. The van der Waals surface area contributed by atoms with Crippen LogP contribution < -0.4 is 0 Å². The molecule has 4 rings (SSSR count). The third-order valence-corrected chi connectivity index (χ3v) is 10.9. The van der Waals surface area contributed by atoms with Crippen LogP contribution in [0.4, 0.5) is 0 Å². The van der Waals surface area contributed by atoms with Gasteiger partial charge in [-0.2, -0.15) is 0 Å². The first kappa shape index (κ1) is 26.9. The highest BCUT2D eigenvalue weighted by Gasteiger charge is 2.59. The first-order valence-corrected chi connectivity index (χ1v) is 15.3. The van der Waals surface area contributed by atoms with E-state index in [9.17, 15) is 9.59 Å². The maximum absolute atomic E-state index is 12.7. The zero-order chi connectivity index (χ0) is 24.9. The minimum atomic E-state index is 0.0465. The molecule has 0 heterocycles. The predicted molar refractivity (Wildman–Crippen MR) is 143 cm³/mol. The molecule has 0 aromatic heterocycles. The van der Waals surface area contributed by atoms with Gasteiger partial charge < -0.3 is 4.74 Å². The second kappa shape index (κ2) is 12.0. The van der Waals surface area contributed by atoms with E-state index in [1.54, 1.807) is 0 Å². The van der Waals surface area contributed by atoms with Crippen molar-refractivity contribution in [1.29, 1.82) is 0 Å². The Balaban J connectivity index is 1.20. The summed E-state index contributed by atoms with van der Waals surface area (Å²) in [7, 11) is 0. The normalized spacial score (nSPS) is 36.2. The second-order valence-corrected chi connectivity index (χ2v) is 13.0. The zero-order valence-electron chi connectivity index (χ0n) is 23.0. The van der Waals surface area contributed by atoms with Gasteiger partial charge in [-0.25, -0.2) is 0 Å². The summed E-state index contributed by atoms with van der Waals surface area (Å²) in [5.74, 6) is 2.49. The van der Waals surface area contributed by atoms with Crippen LogP contribution in [0.2, 0.25) is 0 Å². The molecule has 0 aromatic rings. The van der Waals surface area contributed by atoms with Crippen LogP contribution in [-0.2, 0) is 14.3 Å². The number of ketones is 1. The molecule has 35 heavy (non-hydrogen) atoms. The monoisotopic (exact) mass is 484 g/mol. The van der Waals surface area contributed by atoms with Crippen molar-refractivity contribution in [3.05, 3.63) is 11.6 Å². The van der Waals surface area contributed by atoms with E-state index in [1.807, 2.05) is 6.08 Å². The third-order valence-electron chi connectivity index (χ3n) is 10.9. The molecular formula is C32H52O3. The van der Waals surface area contributed by atoms with Gasteiger partial charge in [0.25, 0.3) is 0 Å². The van der Waals surface area contributed by atoms with Crippen LogP contribution in [0.15, 0.2) is 11.6 Å². The number of hydrogen-bond donors (Lipinski definition) is 0. The van der Waals surface area contributed by atoms with Gasteiger partial charge in [0, 0.05) is 18.3 Å². The zero-order valence-corrected chi connectivity index (χ0v) is 23.0. The Bertz CT molecular complexity index is 769. The number of hydrogen-bond acceptors (Lipinski definition) is 3. The van der Waals surface area contributed by atoms with E-state index in [4.69, 9.17) is 4.74 Å². The Hall–Kier alpha value is -1.12. The number of fused-ring (bicyclic) bond motifs is 5. The third kappa shape index (κ3) is 5.90. The van der Waals surface area contributed by atoms with Crippen molar-refractivity contribution in [2.45, 2.75) is 149 Å². The molecule has 0 saturated heterocycles. The summed E-state index contributed by atoms with van der Waals surface area (Å²) >= 11 is 0. The van der Waals surface area contributed by atoms with Crippen LogP contribution in [0.25, 0.3) is 0 Å².